The van der Waals surface area contributed by atoms with Crippen LogP contribution in [0.2, 0.25) is 0 Å². The largest absolute Gasteiger partial charge is 0.462 e. The Hall–Kier alpha value is -2.10. The third-order valence-electron chi connectivity index (χ3n) is 2.19. The second-order valence-electron chi connectivity index (χ2n) is 3.32. The lowest BCUT2D eigenvalue weighted by Gasteiger charge is -1.98. The molecule has 1 aromatic carbocycles. The molecule has 82 valence electrons. The molecule has 0 aliphatic carbocycles. The van der Waals surface area contributed by atoms with Crippen LogP contribution in [0, 0.1) is 0 Å². The minimum Gasteiger partial charge on any atom is -0.462 e. The van der Waals surface area contributed by atoms with Crippen molar-refractivity contribution in [3.8, 4) is 0 Å². The smallest absolute Gasteiger partial charge is 0.330 e. The molecule has 1 aromatic heterocycles. The van der Waals surface area contributed by atoms with E-state index in [4.69, 9.17) is 4.74 Å². The summed E-state index contributed by atoms with van der Waals surface area (Å²) in [5, 5.41) is 0. The van der Waals surface area contributed by atoms with Gasteiger partial charge in [0.1, 0.15) is 5.82 Å². The zero-order chi connectivity index (χ0) is 11.4. The Morgan fingerprint density at radius 3 is 3.06 bits per heavy atom. The van der Waals surface area contributed by atoms with Crippen molar-refractivity contribution < 1.29 is 9.53 Å². The van der Waals surface area contributed by atoms with Gasteiger partial charge in [-0.2, -0.15) is 0 Å². The van der Waals surface area contributed by atoms with Gasteiger partial charge in [0, 0.05) is 12.5 Å². The fourth-order valence-corrected chi connectivity index (χ4v) is 1.43. The first-order valence-corrected chi connectivity index (χ1v) is 5.02. The van der Waals surface area contributed by atoms with E-state index in [2.05, 4.69) is 16.5 Å². The van der Waals surface area contributed by atoms with Gasteiger partial charge in [-0.05, 0) is 12.1 Å². The van der Waals surface area contributed by atoms with Gasteiger partial charge >= 0.3 is 5.97 Å². The lowest BCUT2D eigenvalue weighted by Crippen LogP contribution is -2.05. The van der Waals surface area contributed by atoms with Crippen molar-refractivity contribution in [2.45, 2.75) is 6.42 Å². The van der Waals surface area contributed by atoms with Gasteiger partial charge in [0.25, 0.3) is 0 Å². The minimum atomic E-state index is -0.406. The molecule has 0 aliphatic rings. The van der Waals surface area contributed by atoms with Crippen LogP contribution in [-0.4, -0.2) is 22.5 Å². The molecule has 0 fully saturated rings. The second kappa shape index (κ2) is 4.61. The van der Waals surface area contributed by atoms with Crippen LogP contribution in [0.4, 0.5) is 0 Å². The average Bonchev–Trinajstić information content (AvgIpc) is 2.71. The van der Waals surface area contributed by atoms with Crippen LogP contribution in [0.15, 0.2) is 36.9 Å². The number of carbonyl (C=O) groups is 1. The van der Waals surface area contributed by atoms with Gasteiger partial charge in [0.2, 0.25) is 0 Å². The van der Waals surface area contributed by atoms with E-state index >= 15 is 0 Å². The molecule has 0 amide bonds. The van der Waals surface area contributed by atoms with E-state index in [1.807, 2.05) is 24.3 Å². The van der Waals surface area contributed by atoms with Gasteiger partial charge in [0.15, 0.2) is 0 Å². The topological polar surface area (TPSA) is 55.0 Å². The van der Waals surface area contributed by atoms with Crippen molar-refractivity contribution >= 4 is 17.0 Å². The van der Waals surface area contributed by atoms with Crippen molar-refractivity contribution in [1.29, 1.82) is 0 Å². The van der Waals surface area contributed by atoms with E-state index in [1.165, 1.54) is 0 Å². The highest BCUT2D eigenvalue weighted by atomic mass is 16.5. The number of hydrogen-bond donors (Lipinski definition) is 1. The summed E-state index contributed by atoms with van der Waals surface area (Å²) in [6.07, 6.45) is 1.73. The minimum absolute atomic E-state index is 0.310. The van der Waals surface area contributed by atoms with Crippen molar-refractivity contribution in [3.05, 3.63) is 42.7 Å². The van der Waals surface area contributed by atoms with Crippen LogP contribution in [0.5, 0.6) is 0 Å². The van der Waals surface area contributed by atoms with Crippen molar-refractivity contribution in [2.75, 3.05) is 6.61 Å². The number of para-hydroxylation sites is 2. The highest BCUT2D eigenvalue weighted by Crippen LogP contribution is 2.10. The predicted octanol–water partition coefficient (Wildman–Crippen LogP) is 1.83. The number of aromatic amines is 1. The number of imidazole rings is 1. The Bertz CT molecular complexity index is 483. The van der Waals surface area contributed by atoms with Gasteiger partial charge in [-0.3, -0.25) is 0 Å². The summed E-state index contributed by atoms with van der Waals surface area (Å²) in [6, 6.07) is 7.78. The lowest BCUT2D eigenvalue weighted by molar-refractivity contribution is -0.137. The molecular formula is C12H12N2O2. The molecule has 0 saturated carbocycles. The molecule has 16 heavy (non-hydrogen) atoms. The average molecular weight is 216 g/mol. The summed E-state index contributed by atoms with van der Waals surface area (Å²) in [5.74, 6) is 0.411. The second-order valence-corrected chi connectivity index (χ2v) is 3.32. The summed E-state index contributed by atoms with van der Waals surface area (Å²) in [6.45, 7) is 3.63. The molecule has 4 nitrogen and oxygen atoms in total. The maximum absolute atomic E-state index is 10.8. The first-order chi connectivity index (χ1) is 7.79. The number of benzene rings is 1. The SMILES string of the molecule is C=CC(=O)OCCc1nc2ccccc2[nH]1. The number of aromatic nitrogens is 2. The summed E-state index contributed by atoms with van der Waals surface area (Å²) < 4.78 is 4.87. The van der Waals surface area contributed by atoms with Crippen LogP contribution in [0.1, 0.15) is 5.82 Å². The predicted molar refractivity (Wildman–Crippen MR) is 61.0 cm³/mol. The van der Waals surface area contributed by atoms with E-state index in [1.54, 1.807) is 0 Å². The summed E-state index contributed by atoms with van der Waals surface area (Å²) >= 11 is 0. The van der Waals surface area contributed by atoms with Crippen molar-refractivity contribution in [3.63, 3.8) is 0 Å². The standard InChI is InChI=1S/C12H12N2O2/c1-2-12(15)16-8-7-11-13-9-5-3-4-6-10(9)14-11/h2-6H,1,7-8H2,(H,13,14). The van der Waals surface area contributed by atoms with Gasteiger partial charge in [-0.25, -0.2) is 9.78 Å². The Balaban J connectivity index is 1.99. The number of hydrogen-bond acceptors (Lipinski definition) is 3. The maximum Gasteiger partial charge on any atom is 0.330 e. The number of fused-ring (bicyclic) bond motifs is 1. The molecule has 0 spiro atoms. The molecule has 0 unspecified atom stereocenters. The van der Waals surface area contributed by atoms with Gasteiger partial charge in [-0.1, -0.05) is 18.7 Å². The first kappa shape index (κ1) is 10.4. The van der Waals surface area contributed by atoms with Crippen LogP contribution >= 0.6 is 0 Å². The zero-order valence-electron chi connectivity index (χ0n) is 8.77. The summed E-state index contributed by atoms with van der Waals surface area (Å²) in [4.78, 5) is 18.3. The Morgan fingerprint density at radius 1 is 1.50 bits per heavy atom. The molecule has 0 radical (unpaired) electrons. The molecule has 0 saturated heterocycles. The monoisotopic (exact) mass is 216 g/mol. The number of carbonyl (C=O) groups excluding carboxylic acids is 1. The molecule has 4 heteroatoms. The van der Waals surface area contributed by atoms with Gasteiger partial charge in [0.05, 0.1) is 17.6 Å². The number of nitrogens with zero attached hydrogens (tertiary/aromatic N) is 1. The molecule has 0 aliphatic heterocycles. The van der Waals surface area contributed by atoms with E-state index in [-0.39, 0.29) is 0 Å². The maximum atomic E-state index is 10.8. The van der Waals surface area contributed by atoms with E-state index in [0.717, 1.165) is 22.9 Å². The fourth-order valence-electron chi connectivity index (χ4n) is 1.43. The van der Waals surface area contributed by atoms with Crippen molar-refractivity contribution in [2.24, 2.45) is 0 Å². The first-order valence-electron chi connectivity index (χ1n) is 5.02. The normalized spacial score (nSPS) is 10.2. The van der Waals surface area contributed by atoms with Crippen molar-refractivity contribution in [1.82, 2.24) is 9.97 Å². The molecule has 1 N–H and O–H groups in total. The number of esters is 1. The molecular weight excluding hydrogens is 204 g/mol. The number of H-pyrrole nitrogens is 1. The third kappa shape index (κ3) is 2.28. The quantitative estimate of drug-likeness (QED) is 0.626. The lowest BCUT2D eigenvalue weighted by atomic mass is 10.3. The van der Waals surface area contributed by atoms with Crippen LogP contribution in [0.3, 0.4) is 0 Å². The Kier molecular flexibility index (Phi) is 3.00. The number of ether oxygens (including phenoxy) is 1. The highest BCUT2D eigenvalue weighted by Gasteiger charge is 2.02. The molecule has 0 bridgehead atoms. The van der Waals surface area contributed by atoms with Gasteiger partial charge < -0.3 is 9.72 Å². The molecule has 1 heterocycles. The van der Waals surface area contributed by atoms with E-state index in [0.29, 0.717) is 13.0 Å². The van der Waals surface area contributed by atoms with E-state index < -0.39 is 5.97 Å². The summed E-state index contributed by atoms with van der Waals surface area (Å²) in [7, 11) is 0. The molecule has 0 atom stereocenters. The van der Waals surface area contributed by atoms with Gasteiger partial charge in [-0.15, -0.1) is 0 Å². The highest BCUT2D eigenvalue weighted by molar-refractivity contribution is 5.81. The molecule has 2 rings (SSSR count). The van der Waals surface area contributed by atoms with Crippen LogP contribution < -0.4 is 0 Å². The van der Waals surface area contributed by atoms with E-state index in [9.17, 15) is 4.79 Å². The number of rotatable bonds is 4. The van der Waals surface area contributed by atoms with Crippen LogP contribution in [-0.2, 0) is 16.0 Å². The third-order valence-corrected chi connectivity index (χ3v) is 2.19. The Morgan fingerprint density at radius 2 is 2.31 bits per heavy atom. The molecule has 2 aromatic rings. The summed E-state index contributed by atoms with van der Waals surface area (Å²) in [5.41, 5.74) is 1.92. The fraction of sp³-hybridized carbons (Fsp3) is 0.167. The number of nitrogens with one attached hydrogen (secondary N) is 1. The zero-order valence-corrected chi connectivity index (χ0v) is 8.77. The van der Waals surface area contributed by atoms with Crippen LogP contribution in [0.25, 0.3) is 11.0 Å². The Labute approximate surface area is 93.0 Å².